The SMILES string of the molecule is CCCCCC(C)(C)CN=C1NC(CC)(CC)CS1. The van der Waals surface area contributed by atoms with Gasteiger partial charge in [0, 0.05) is 17.8 Å². The first-order valence-corrected chi connectivity index (χ1v) is 8.91. The molecule has 0 aromatic carbocycles. The van der Waals surface area contributed by atoms with Crippen LogP contribution in [0.1, 0.15) is 73.1 Å². The molecule has 2 nitrogen and oxygen atoms in total. The third kappa shape index (κ3) is 5.37. The Hall–Kier alpha value is -0.180. The topological polar surface area (TPSA) is 24.4 Å². The molecular formula is C16H32N2S. The first-order valence-electron chi connectivity index (χ1n) is 7.92. The number of amidine groups is 1. The van der Waals surface area contributed by atoms with Crippen molar-refractivity contribution in [2.75, 3.05) is 12.3 Å². The van der Waals surface area contributed by atoms with Crippen molar-refractivity contribution in [3.63, 3.8) is 0 Å². The lowest BCUT2D eigenvalue weighted by molar-refractivity contribution is 0.332. The Morgan fingerprint density at radius 3 is 2.42 bits per heavy atom. The van der Waals surface area contributed by atoms with Crippen molar-refractivity contribution in [2.45, 2.75) is 78.7 Å². The van der Waals surface area contributed by atoms with E-state index in [4.69, 9.17) is 4.99 Å². The summed E-state index contributed by atoms with van der Waals surface area (Å²) < 4.78 is 0. The minimum atomic E-state index is 0.301. The van der Waals surface area contributed by atoms with E-state index in [9.17, 15) is 0 Å². The molecule has 0 radical (unpaired) electrons. The van der Waals surface area contributed by atoms with E-state index in [2.05, 4.69) is 39.9 Å². The summed E-state index contributed by atoms with van der Waals surface area (Å²) in [6.07, 6.45) is 7.65. The molecule has 0 amide bonds. The van der Waals surface area contributed by atoms with Crippen LogP contribution in [-0.4, -0.2) is 23.0 Å². The summed E-state index contributed by atoms with van der Waals surface area (Å²) in [4.78, 5) is 4.83. The second-order valence-electron chi connectivity index (χ2n) is 6.64. The maximum Gasteiger partial charge on any atom is 0.157 e. The lowest BCUT2D eigenvalue weighted by Crippen LogP contribution is -2.42. The van der Waals surface area contributed by atoms with Gasteiger partial charge in [-0.1, -0.05) is 65.6 Å². The molecule has 0 atom stereocenters. The van der Waals surface area contributed by atoms with Crippen LogP contribution >= 0.6 is 11.8 Å². The minimum Gasteiger partial charge on any atom is -0.359 e. The molecule has 0 aromatic rings. The average Bonchev–Trinajstić information content (AvgIpc) is 2.81. The van der Waals surface area contributed by atoms with Crippen LogP contribution in [0.2, 0.25) is 0 Å². The maximum absolute atomic E-state index is 4.83. The van der Waals surface area contributed by atoms with Crippen molar-refractivity contribution in [1.82, 2.24) is 5.32 Å². The number of rotatable bonds is 8. The lowest BCUT2D eigenvalue weighted by Gasteiger charge is -2.26. The molecule has 0 aliphatic carbocycles. The summed E-state index contributed by atoms with van der Waals surface area (Å²) >= 11 is 1.91. The highest BCUT2D eigenvalue weighted by atomic mass is 32.2. The van der Waals surface area contributed by atoms with Gasteiger partial charge in [0.25, 0.3) is 0 Å². The van der Waals surface area contributed by atoms with Crippen molar-refractivity contribution in [1.29, 1.82) is 0 Å². The highest BCUT2D eigenvalue weighted by Crippen LogP contribution is 2.30. The van der Waals surface area contributed by atoms with Gasteiger partial charge >= 0.3 is 0 Å². The summed E-state index contributed by atoms with van der Waals surface area (Å²) in [5.74, 6) is 1.18. The van der Waals surface area contributed by atoms with Crippen LogP contribution in [0.3, 0.4) is 0 Å². The highest BCUT2D eigenvalue weighted by molar-refractivity contribution is 8.14. The monoisotopic (exact) mass is 284 g/mol. The Kier molecular flexibility index (Phi) is 6.72. The summed E-state index contributed by atoms with van der Waals surface area (Å²) in [6.45, 7) is 12.5. The van der Waals surface area contributed by atoms with Gasteiger partial charge in [0.1, 0.15) is 0 Å². The molecule has 0 saturated carbocycles. The maximum atomic E-state index is 4.83. The number of hydrogen-bond donors (Lipinski definition) is 1. The smallest absolute Gasteiger partial charge is 0.157 e. The van der Waals surface area contributed by atoms with Gasteiger partial charge < -0.3 is 5.32 Å². The van der Waals surface area contributed by atoms with Crippen LogP contribution in [0.25, 0.3) is 0 Å². The van der Waals surface area contributed by atoms with Gasteiger partial charge in [0.2, 0.25) is 0 Å². The Labute approximate surface area is 124 Å². The third-order valence-electron chi connectivity index (χ3n) is 4.32. The first-order chi connectivity index (χ1) is 8.97. The molecule has 1 N–H and O–H groups in total. The van der Waals surface area contributed by atoms with E-state index < -0.39 is 0 Å². The van der Waals surface area contributed by atoms with Gasteiger partial charge in [-0.05, 0) is 24.7 Å². The van der Waals surface area contributed by atoms with E-state index in [1.54, 1.807) is 0 Å². The standard InChI is InChI=1S/C16H32N2S/c1-6-9-10-11-15(4,5)12-17-14-18-16(7-2,8-3)13-19-14/h6-13H2,1-5H3,(H,17,18). The van der Waals surface area contributed by atoms with E-state index in [1.165, 1.54) is 49.4 Å². The van der Waals surface area contributed by atoms with Crippen molar-refractivity contribution in [2.24, 2.45) is 10.4 Å². The molecule has 1 rings (SSSR count). The fourth-order valence-electron chi connectivity index (χ4n) is 2.44. The quantitative estimate of drug-likeness (QED) is 0.645. The van der Waals surface area contributed by atoms with Gasteiger partial charge in [-0.2, -0.15) is 0 Å². The zero-order chi connectivity index (χ0) is 14.4. The lowest BCUT2D eigenvalue weighted by atomic mass is 9.87. The second-order valence-corrected chi connectivity index (χ2v) is 7.61. The van der Waals surface area contributed by atoms with E-state index >= 15 is 0 Å². The fourth-order valence-corrected chi connectivity index (χ4v) is 3.78. The third-order valence-corrected chi connectivity index (χ3v) is 5.52. The van der Waals surface area contributed by atoms with Gasteiger partial charge in [-0.3, -0.25) is 4.99 Å². The molecule has 0 bridgehead atoms. The Morgan fingerprint density at radius 1 is 1.21 bits per heavy atom. The van der Waals surface area contributed by atoms with E-state index in [0.29, 0.717) is 11.0 Å². The summed E-state index contributed by atoms with van der Waals surface area (Å²) in [5.41, 5.74) is 0.643. The Morgan fingerprint density at radius 2 is 1.89 bits per heavy atom. The van der Waals surface area contributed by atoms with Crippen LogP contribution in [0.15, 0.2) is 4.99 Å². The number of thioether (sulfide) groups is 1. The summed E-state index contributed by atoms with van der Waals surface area (Å²) in [5, 5.41) is 4.83. The fraction of sp³-hybridized carbons (Fsp3) is 0.938. The molecule has 0 spiro atoms. The van der Waals surface area contributed by atoms with Gasteiger partial charge in [0.05, 0.1) is 0 Å². The van der Waals surface area contributed by atoms with Crippen molar-refractivity contribution in [3.8, 4) is 0 Å². The molecule has 1 saturated heterocycles. The predicted molar refractivity (Wildman–Crippen MR) is 89.1 cm³/mol. The molecule has 1 aliphatic heterocycles. The molecule has 19 heavy (non-hydrogen) atoms. The molecule has 112 valence electrons. The van der Waals surface area contributed by atoms with Crippen molar-refractivity contribution < 1.29 is 0 Å². The molecule has 3 heteroatoms. The Bertz CT molecular complexity index is 293. The van der Waals surface area contributed by atoms with Gasteiger partial charge in [-0.25, -0.2) is 0 Å². The highest BCUT2D eigenvalue weighted by Gasteiger charge is 2.33. The number of hydrogen-bond acceptors (Lipinski definition) is 2. The first kappa shape index (κ1) is 16.9. The van der Waals surface area contributed by atoms with Gasteiger partial charge in [0.15, 0.2) is 5.17 Å². The summed E-state index contributed by atoms with van der Waals surface area (Å²) in [7, 11) is 0. The second kappa shape index (κ2) is 7.56. The molecule has 1 heterocycles. The zero-order valence-corrected chi connectivity index (χ0v) is 14.3. The average molecular weight is 285 g/mol. The van der Waals surface area contributed by atoms with E-state index in [-0.39, 0.29) is 0 Å². The largest absolute Gasteiger partial charge is 0.359 e. The van der Waals surface area contributed by atoms with Crippen molar-refractivity contribution in [3.05, 3.63) is 0 Å². The molecule has 1 fully saturated rings. The van der Waals surface area contributed by atoms with E-state index in [1.807, 2.05) is 11.8 Å². The number of nitrogens with zero attached hydrogens (tertiary/aromatic N) is 1. The molecule has 1 aliphatic rings. The van der Waals surface area contributed by atoms with E-state index in [0.717, 1.165) is 6.54 Å². The normalized spacial score (nSPS) is 20.8. The molecule has 0 aromatic heterocycles. The molecule has 0 unspecified atom stereocenters. The van der Waals surface area contributed by atoms with Crippen molar-refractivity contribution >= 4 is 16.9 Å². The number of aliphatic imine (C=N–C) groups is 1. The number of unbranched alkanes of at least 4 members (excludes halogenated alkanes) is 2. The van der Waals surface area contributed by atoms with Gasteiger partial charge in [-0.15, -0.1) is 0 Å². The van der Waals surface area contributed by atoms with Crippen LogP contribution in [0, 0.1) is 5.41 Å². The van der Waals surface area contributed by atoms with Crippen LogP contribution < -0.4 is 5.32 Å². The predicted octanol–water partition coefficient (Wildman–Crippen LogP) is 4.84. The summed E-state index contributed by atoms with van der Waals surface area (Å²) in [6, 6.07) is 0. The molecular weight excluding hydrogens is 252 g/mol. The van der Waals surface area contributed by atoms with Crippen LogP contribution in [0.4, 0.5) is 0 Å². The minimum absolute atomic E-state index is 0.301. The van der Waals surface area contributed by atoms with Crippen LogP contribution in [-0.2, 0) is 0 Å². The zero-order valence-electron chi connectivity index (χ0n) is 13.5. The van der Waals surface area contributed by atoms with Crippen LogP contribution in [0.5, 0.6) is 0 Å². The number of nitrogens with one attached hydrogen (secondary N) is 1. The Balaban J connectivity index is 2.44.